The molecule has 0 radical (unpaired) electrons. The summed E-state index contributed by atoms with van der Waals surface area (Å²) in [6.45, 7) is 2.89. The third kappa shape index (κ3) is 2.00. The van der Waals surface area contributed by atoms with Crippen molar-refractivity contribution in [3.8, 4) is 0 Å². The zero-order valence-electron chi connectivity index (χ0n) is 11.3. The Labute approximate surface area is 113 Å². The highest BCUT2D eigenvalue weighted by Crippen LogP contribution is 2.45. The van der Waals surface area contributed by atoms with Crippen molar-refractivity contribution in [1.82, 2.24) is 10.3 Å². The average molecular weight is 266 g/mol. The Balaban J connectivity index is 1.78. The molecule has 18 heavy (non-hydrogen) atoms. The molecule has 100 valence electrons. The van der Waals surface area contributed by atoms with Crippen LogP contribution in [-0.4, -0.2) is 24.7 Å². The summed E-state index contributed by atoms with van der Waals surface area (Å²) in [4.78, 5) is 6.44. The van der Waals surface area contributed by atoms with Gasteiger partial charge in [-0.2, -0.15) is 0 Å². The van der Waals surface area contributed by atoms with Gasteiger partial charge < -0.3 is 10.1 Å². The Morgan fingerprint density at radius 2 is 2.17 bits per heavy atom. The predicted molar refractivity (Wildman–Crippen MR) is 74.1 cm³/mol. The van der Waals surface area contributed by atoms with Crippen LogP contribution < -0.4 is 5.32 Å². The van der Waals surface area contributed by atoms with Gasteiger partial charge in [0.2, 0.25) is 0 Å². The van der Waals surface area contributed by atoms with Crippen LogP contribution in [0.25, 0.3) is 0 Å². The van der Waals surface area contributed by atoms with Crippen LogP contribution in [0.2, 0.25) is 0 Å². The molecule has 2 aliphatic rings. The van der Waals surface area contributed by atoms with Crippen molar-refractivity contribution >= 4 is 11.3 Å². The molecule has 3 nitrogen and oxygen atoms in total. The molecular formula is C14H22N2OS. The van der Waals surface area contributed by atoms with Gasteiger partial charge in [-0.25, -0.2) is 4.98 Å². The van der Waals surface area contributed by atoms with Gasteiger partial charge in [0, 0.05) is 11.5 Å². The molecule has 0 amide bonds. The first-order valence-corrected chi connectivity index (χ1v) is 7.88. The first-order chi connectivity index (χ1) is 8.77. The highest BCUT2D eigenvalue weighted by Gasteiger charge is 2.47. The maximum Gasteiger partial charge on any atom is 0.113 e. The van der Waals surface area contributed by atoms with E-state index in [9.17, 15) is 0 Å². The maximum atomic E-state index is 5.70. The molecule has 3 rings (SSSR count). The van der Waals surface area contributed by atoms with Crippen molar-refractivity contribution < 1.29 is 4.74 Å². The first kappa shape index (κ1) is 12.6. The van der Waals surface area contributed by atoms with Crippen molar-refractivity contribution in [2.45, 2.75) is 57.1 Å². The number of thiazole rings is 1. The van der Waals surface area contributed by atoms with E-state index in [1.165, 1.54) is 41.3 Å². The van der Waals surface area contributed by atoms with Crippen molar-refractivity contribution in [2.24, 2.45) is 0 Å². The van der Waals surface area contributed by atoms with Gasteiger partial charge in [0.1, 0.15) is 5.01 Å². The smallest absolute Gasteiger partial charge is 0.113 e. The van der Waals surface area contributed by atoms with Gasteiger partial charge in [0.25, 0.3) is 0 Å². The Morgan fingerprint density at radius 1 is 1.39 bits per heavy atom. The lowest BCUT2D eigenvalue weighted by atomic mass is 9.74. The molecule has 0 aromatic carbocycles. The fourth-order valence-corrected chi connectivity index (χ4v) is 4.48. The largest absolute Gasteiger partial charge is 0.378 e. The summed E-state index contributed by atoms with van der Waals surface area (Å²) in [5.41, 5.74) is 1.47. The van der Waals surface area contributed by atoms with Crippen molar-refractivity contribution in [3.63, 3.8) is 0 Å². The summed E-state index contributed by atoms with van der Waals surface area (Å²) < 4.78 is 5.70. The van der Waals surface area contributed by atoms with Crippen LogP contribution in [0, 0.1) is 0 Å². The zero-order chi connectivity index (χ0) is 12.6. The third-order valence-corrected chi connectivity index (χ3v) is 5.65. The molecule has 0 saturated heterocycles. The Hall–Kier alpha value is -0.450. The van der Waals surface area contributed by atoms with Gasteiger partial charge in [-0.15, -0.1) is 11.3 Å². The second-order valence-electron chi connectivity index (χ2n) is 5.41. The minimum absolute atomic E-state index is 0.0991. The number of nitrogens with one attached hydrogen (secondary N) is 1. The quantitative estimate of drug-likeness (QED) is 0.909. The summed E-state index contributed by atoms with van der Waals surface area (Å²) in [6, 6.07) is 0. The summed E-state index contributed by atoms with van der Waals surface area (Å²) in [6.07, 6.45) is 7.63. The third-order valence-electron chi connectivity index (χ3n) is 4.29. The van der Waals surface area contributed by atoms with Crippen LogP contribution in [-0.2, 0) is 23.1 Å². The molecule has 1 aromatic heterocycles. The molecule has 2 aliphatic carbocycles. The van der Waals surface area contributed by atoms with Gasteiger partial charge in [-0.1, -0.05) is 0 Å². The summed E-state index contributed by atoms with van der Waals surface area (Å²) in [5, 5.41) is 4.80. The SMILES string of the molecule is CCOC1CC(NC)(c2nc3c(s2)CCCC3)C1. The highest BCUT2D eigenvalue weighted by atomic mass is 32.1. The number of rotatable bonds is 4. The minimum Gasteiger partial charge on any atom is -0.378 e. The molecule has 4 heteroatoms. The molecule has 0 bridgehead atoms. The van der Waals surface area contributed by atoms with Gasteiger partial charge in [0.15, 0.2) is 0 Å². The van der Waals surface area contributed by atoms with Crippen LogP contribution in [0.3, 0.4) is 0 Å². The fourth-order valence-electron chi connectivity index (χ4n) is 3.11. The number of nitrogens with zero attached hydrogens (tertiary/aromatic N) is 1. The van der Waals surface area contributed by atoms with Crippen LogP contribution in [0.15, 0.2) is 0 Å². The van der Waals surface area contributed by atoms with E-state index in [1.54, 1.807) is 0 Å². The molecule has 0 aliphatic heterocycles. The first-order valence-electron chi connectivity index (χ1n) is 7.07. The number of hydrogen-bond donors (Lipinski definition) is 1. The lowest BCUT2D eigenvalue weighted by molar-refractivity contribution is -0.0510. The van der Waals surface area contributed by atoms with E-state index in [0.717, 1.165) is 19.4 Å². The van der Waals surface area contributed by atoms with Gasteiger partial charge in [-0.05, 0) is 52.5 Å². The predicted octanol–water partition coefficient (Wildman–Crippen LogP) is 2.64. The van der Waals surface area contributed by atoms with Crippen LogP contribution in [0.1, 0.15) is 48.2 Å². The molecular weight excluding hydrogens is 244 g/mol. The number of aryl methyl sites for hydroxylation is 2. The lowest BCUT2D eigenvalue weighted by Gasteiger charge is -2.45. The number of fused-ring (bicyclic) bond motifs is 1. The van der Waals surface area contributed by atoms with Crippen molar-refractivity contribution in [2.75, 3.05) is 13.7 Å². The van der Waals surface area contributed by atoms with E-state index >= 15 is 0 Å². The second kappa shape index (κ2) is 4.91. The van der Waals surface area contributed by atoms with E-state index in [0.29, 0.717) is 6.10 Å². The lowest BCUT2D eigenvalue weighted by Crippen LogP contribution is -2.54. The van der Waals surface area contributed by atoms with Crippen molar-refractivity contribution in [1.29, 1.82) is 0 Å². The molecule has 1 heterocycles. The molecule has 1 aromatic rings. The molecule has 0 spiro atoms. The minimum atomic E-state index is 0.0991. The van der Waals surface area contributed by atoms with Crippen LogP contribution in [0.4, 0.5) is 0 Å². The molecule has 0 unspecified atom stereocenters. The van der Waals surface area contributed by atoms with Crippen LogP contribution >= 0.6 is 11.3 Å². The number of hydrogen-bond acceptors (Lipinski definition) is 4. The Kier molecular flexibility index (Phi) is 3.43. The average Bonchev–Trinajstić information content (AvgIpc) is 2.77. The molecule has 1 fully saturated rings. The van der Waals surface area contributed by atoms with Crippen LogP contribution in [0.5, 0.6) is 0 Å². The number of ether oxygens (including phenoxy) is 1. The normalized spacial score (nSPS) is 30.9. The van der Waals surface area contributed by atoms with Gasteiger partial charge >= 0.3 is 0 Å². The fraction of sp³-hybridized carbons (Fsp3) is 0.786. The standard InChI is InChI=1S/C14H22N2OS/c1-3-17-10-8-14(9-10,15-2)13-16-11-6-4-5-7-12(11)18-13/h10,15H,3-9H2,1-2H3. The summed E-state index contributed by atoms with van der Waals surface area (Å²) >= 11 is 1.93. The Bertz CT molecular complexity index is 400. The van der Waals surface area contributed by atoms with E-state index in [-0.39, 0.29) is 5.54 Å². The van der Waals surface area contributed by atoms with Crippen molar-refractivity contribution in [3.05, 3.63) is 15.6 Å². The monoisotopic (exact) mass is 266 g/mol. The molecule has 0 atom stereocenters. The van der Waals surface area contributed by atoms with E-state index in [1.807, 2.05) is 11.3 Å². The maximum absolute atomic E-state index is 5.70. The summed E-state index contributed by atoms with van der Waals surface area (Å²) in [7, 11) is 2.06. The second-order valence-corrected chi connectivity index (χ2v) is 6.50. The summed E-state index contributed by atoms with van der Waals surface area (Å²) in [5.74, 6) is 0. The molecule has 1 saturated carbocycles. The molecule has 1 N–H and O–H groups in total. The Morgan fingerprint density at radius 3 is 2.83 bits per heavy atom. The number of aromatic nitrogens is 1. The van der Waals surface area contributed by atoms with E-state index in [4.69, 9.17) is 9.72 Å². The van der Waals surface area contributed by atoms with Gasteiger partial charge in [-0.3, -0.25) is 0 Å². The van der Waals surface area contributed by atoms with E-state index < -0.39 is 0 Å². The van der Waals surface area contributed by atoms with E-state index in [2.05, 4.69) is 19.3 Å². The van der Waals surface area contributed by atoms with Gasteiger partial charge in [0.05, 0.1) is 17.3 Å². The topological polar surface area (TPSA) is 34.1 Å². The zero-order valence-corrected chi connectivity index (χ0v) is 12.1. The highest BCUT2D eigenvalue weighted by molar-refractivity contribution is 7.11.